The summed E-state index contributed by atoms with van der Waals surface area (Å²) in [6, 6.07) is 26.6. The summed E-state index contributed by atoms with van der Waals surface area (Å²) in [5.74, 6) is 1.61. The quantitative estimate of drug-likeness (QED) is 0.235. The van der Waals surface area contributed by atoms with E-state index in [0.29, 0.717) is 26.3 Å². The molecule has 0 aliphatic heterocycles. The van der Waals surface area contributed by atoms with Gasteiger partial charge in [0, 0.05) is 20.1 Å². The molecule has 0 bridgehead atoms. The summed E-state index contributed by atoms with van der Waals surface area (Å²) in [5, 5.41) is 6.67. The molecule has 0 radical (unpaired) electrons. The third-order valence-electron chi connectivity index (χ3n) is 4.68. The first-order chi connectivity index (χ1) is 14.8. The van der Waals surface area contributed by atoms with E-state index in [1.54, 1.807) is 14.2 Å². The molecule has 6 heteroatoms. The number of methoxy groups -OCH3 is 1. The maximum absolute atomic E-state index is 5.80. The second-order valence-corrected chi connectivity index (χ2v) is 6.93. The molecule has 164 valence electrons. The molecule has 0 aromatic heterocycles. The number of hydrogen-bond acceptors (Lipinski definition) is 3. The highest BCUT2D eigenvalue weighted by Gasteiger charge is 2.01. The van der Waals surface area contributed by atoms with E-state index in [-0.39, 0.29) is 24.0 Å². The van der Waals surface area contributed by atoms with Crippen LogP contribution in [0.15, 0.2) is 83.9 Å². The van der Waals surface area contributed by atoms with Crippen LogP contribution in [0.1, 0.15) is 22.3 Å². The number of rotatable bonds is 9. The zero-order valence-electron chi connectivity index (χ0n) is 18.0. The van der Waals surface area contributed by atoms with Gasteiger partial charge in [-0.3, -0.25) is 4.99 Å². The van der Waals surface area contributed by atoms with Gasteiger partial charge in [0.1, 0.15) is 5.75 Å². The Morgan fingerprint density at radius 2 is 1.32 bits per heavy atom. The fraction of sp³-hybridized carbons (Fsp3) is 0.240. The smallest absolute Gasteiger partial charge is 0.191 e. The van der Waals surface area contributed by atoms with E-state index in [9.17, 15) is 0 Å². The third-order valence-corrected chi connectivity index (χ3v) is 4.68. The first-order valence-corrected chi connectivity index (χ1v) is 10.0. The van der Waals surface area contributed by atoms with Gasteiger partial charge in [-0.2, -0.15) is 0 Å². The number of nitrogens with one attached hydrogen (secondary N) is 2. The molecule has 0 saturated heterocycles. The Morgan fingerprint density at radius 1 is 0.742 bits per heavy atom. The number of nitrogens with zero attached hydrogens (tertiary/aromatic N) is 1. The van der Waals surface area contributed by atoms with Crippen molar-refractivity contribution in [3.05, 3.63) is 101 Å². The Hall–Kier alpha value is -2.58. The topological polar surface area (TPSA) is 54.9 Å². The van der Waals surface area contributed by atoms with Gasteiger partial charge < -0.3 is 20.1 Å². The van der Waals surface area contributed by atoms with Crippen LogP contribution in [0, 0.1) is 0 Å². The lowest BCUT2D eigenvalue weighted by molar-refractivity contribution is 0.107. The standard InChI is InChI=1S/C25H29N3O2.HI/c1-26-25(28-17-23-9-6-10-24(15-23)29-2)27-16-20-11-13-22(14-12-20)19-30-18-21-7-4-3-5-8-21;/h3-15H,16-19H2,1-2H3,(H2,26,27,28);1H. The van der Waals surface area contributed by atoms with Crippen molar-refractivity contribution in [1.29, 1.82) is 0 Å². The number of halogens is 1. The first-order valence-electron chi connectivity index (χ1n) is 10.0. The molecule has 0 heterocycles. The average Bonchev–Trinajstić information content (AvgIpc) is 2.81. The van der Waals surface area contributed by atoms with E-state index in [4.69, 9.17) is 9.47 Å². The largest absolute Gasteiger partial charge is 0.497 e. The summed E-state index contributed by atoms with van der Waals surface area (Å²) in [5.41, 5.74) is 4.67. The highest BCUT2D eigenvalue weighted by atomic mass is 127. The molecule has 0 spiro atoms. The molecule has 2 N–H and O–H groups in total. The Morgan fingerprint density at radius 3 is 1.97 bits per heavy atom. The van der Waals surface area contributed by atoms with Crippen molar-refractivity contribution in [1.82, 2.24) is 10.6 Å². The molecule has 0 aliphatic carbocycles. The number of hydrogen-bond donors (Lipinski definition) is 2. The fourth-order valence-electron chi connectivity index (χ4n) is 2.99. The zero-order valence-corrected chi connectivity index (χ0v) is 20.3. The van der Waals surface area contributed by atoms with Crippen molar-refractivity contribution in [3.63, 3.8) is 0 Å². The van der Waals surface area contributed by atoms with Gasteiger partial charge in [-0.25, -0.2) is 0 Å². The van der Waals surface area contributed by atoms with Gasteiger partial charge in [0.25, 0.3) is 0 Å². The number of aliphatic imine (C=N–C) groups is 1. The maximum atomic E-state index is 5.80. The van der Waals surface area contributed by atoms with Crippen molar-refractivity contribution in [2.24, 2.45) is 4.99 Å². The summed E-state index contributed by atoms with van der Waals surface area (Å²) in [4.78, 5) is 4.29. The van der Waals surface area contributed by atoms with Crippen LogP contribution in [0.3, 0.4) is 0 Å². The highest BCUT2D eigenvalue weighted by Crippen LogP contribution is 2.12. The molecule has 0 saturated carbocycles. The van der Waals surface area contributed by atoms with Crippen molar-refractivity contribution in [2.75, 3.05) is 14.2 Å². The SMILES string of the molecule is CN=C(NCc1ccc(COCc2ccccc2)cc1)NCc1cccc(OC)c1.I. The second-order valence-electron chi connectivity index (χ2n) is 6.93. The Bertz CT molecular complexity index is 931. The summed E-state index contributed by atoms with van der Waals surface area (Å²) in [6.45, 7) is 2.60. The highest BCUT2D eigenvalue weighted by molar-refractivity contribution is 14.0. The summed E-state index contributed by atoms with van der Waals surface area (Å²) in [7, 11) is 3.45. The van der Waals surface area contributed by atoms with E-state index in [0.717, 1.165) is 22.8 Å². The molecule has 3 aromatic carbocycles. The number of benzene rings is 3. The van der Waals surface area contributed by atoms with Crippen molar-refractivity contribution in [2.45, 2.75) is 26.3 Å². The van der Waals surface area contributed by atoms with Gasteiger partial charge in [-0.15, -0.1) is 24.0 Å². The maximum Gasteiger partial charge on any atom is 0.191 e. The Labute approximate surface area is 201 Å². The predicted molar refractivity (Wildman–Crippen MR) is 137 cm³/mol. The van der Waals surface area contributed by atoms with Gasteiger partial charge >= 0.3 is 0 Å². The summed E-state index contributed by atoms with van der Waals surface area (Å²) >= 11 is 0. The molecule has 0 fully saturated rings. The molecular formula is C25H30IN3O2. The van der Waals surface area contributed by atoms with Gasteiger partial charge in [0.05, 0.1) is 20.3 Å². The lowest BCUT2D eigenvalue weighted by Crippen LogP contribution is -2.36. The van der Waals surface area contributed by atoms with Crippen LogP contribution >= 0.6 is 24.0 Å². The normalized spacial score (nSPS) is 10.8. The lowest BCUT2D eigenvalue weighted by atomic mass is 10.1. The molecule has 0 amide bonds. The second kappa shape index (κ2) is 13.7. The minimum atomic E-state index is 0. The minimum Gasteiger partial charge on any atom is -0.497 e. The minimum absolute atomic E-state index is 0. The van der Waals surface area contributed by atoms with E-state index in [1.807, 2.05) is 36.4 Å². The molecule has 31 heavy (non-hydrogen) atoms. The summed E-state index contributed by atoms with van der Waals surface area (Å²) in [6.07, 6.45) is 0. The van der Waals surface area contributed by atoms with Crippen LogP contribution in [-0.4, -0.2) is 20.1 Å². The average molecular weight is 531 g/mol. The van der Waals surface area contributed by atoms with E-state index >= 15 is 0 Å². The third kappa shape index (κ3) is 8.59. The van der Waals surface area contributed by atoms with Crippen LogP contribution in [-0.2, 0) is 31.0 Å². The van der Waals surface area contributed by atoms with Gasteiger partial charge in [-0.1, -0.05) is 66.7 Å². The first kappa shape index (κ1) is 24.7. The molecule has 0 aliphatic rings. The van der Waals surface area contributed by atoms with Crippen LogP contribution < -0.4 is 15.4 Å². The number of guanidine groups is 1. The van der Waals surface area contributed by atoms with Crippen LogP contribution in [0.2, 0.25) is 0 Å². The molecule has 3 aromatic rings. The van der Waals surface area contributed by atoms with Crippen molar-refractivity contribution in [3.8, 4) is 5.75 Å². The zero-order chi connectivity index (χ0) is 21.0. The van der Waals surface area contributed by atoms with Crippen molar-refractivity contribution >= 4 is 29.9 Å². The van der Waals surface area contributed by atoms with Crippen molar-refractivity contribution < 1.29 is 9.47 Å². The molecule has 3 rings (SSSR count). The Kier molecular flexibility index (Phi) is 10.9. The van der Waals surface area contributed by atoms with Crippen LogP contribution in [0.5, 0.6) is 5.75 Å². The lowest BCUT2D eigenvalue weighted by Gasteiger charge is -2.13. The van der Waals surface area contributed by atoms with Crippen LogP contribution in [0.25, 0.3) is 0 Å². The molecule has 0 atom stereocenters. The molecule has 5 nitrogen and oxygen atoms in total. The van der Waals surface area contributed by atoms with E-state index in [2.05, 4.69) is 58.1 Å². The number of ether oxygens (including phenoxy) is 2. The van der Waals surface area contributed by atoms with Gasteiger partial charge in [0.2, 0.25) is 0 Å². The van der Waals surface area contributed by atoms with E-state index < -0.39 is 0 Å². The molecule has 0 unspecified atom stereocenters. The molecular weight excluding hydrogens is 501 g/mol. The fourth-order valence-corrected chi connectivity index (χ4v) is 2.99. The Balaban J connectivity index is 0.00000341. The monoisotopic (exact) mass is 531 g/mol. The van der Waals surface area contributed by atoms with E-state index in [1.165, 1.54) is 11.1 Å². The van der Waals surface area contributed by atoms with Gasteiger partial charge in [-0.05, 0) is 34.4 Å². The van der Waals surface area contributed by atoms with Gasteiger partial charge in [0.15, 0.2) is 5.96 Å². The van der Waals surface area contributed by atoms with Crippen LogP contribution in [0.4, 0.5) is 0 Å². The predicted octanol–water partition coefficient (Wildman–Crippen LogP) is 4.90. The summed E-state index contributed by atoms with van der Waals surface area (Å²) < 4.78 is 11.1.